The largest absolute Gasteiger partial charge is 0.489 e. The zero-order valence-corrected chi connectivity index (χ0v) is 23.0. The summed E-state index contributed by atoms with van der Waals surface area (Å²) >= 11 is 12.6. The third kappa shape index (κ3) is 8.09. The van der Waals surface area contributed by atoms with Gasteiger partial charge in [-0.2, -0.15) is 0 Å². The second kappa shape index (κ2) is 15.2. The highest BCUT2D eigenvalue weighted by Crippen LogP contribution is 2.47. The minimum Gasteiger partial charge on any atom is -0.489 e. The minimum atomic E-state index is -0.841. The summed E-state index contributed by atoms with van der Waals surface area (Å²) in [6.07, 6.45) is 5.96. The first-order chi connectivity index (χ1) is 16.4. The van der Waals surface area contributed by atoms with Crippen molar-refractivity contribution >= 4 is 29.2 Å². The zero-order chi connectivity index (χ0) is 25.7. The molecular weight excluding hydrogens is 471 g/mol. The molecular formula is C28H40Cl2O4. The predicted molar refractivity (Wildman–Crippen MR) is 143 cm³/mol. The number of hydrogen-bond donors (Lipinski definition) is 1. The lowest BCUT2D eigenvalue weighted by atomic mass is 9.95. The summed E-state index contributed by atoms with van der Waals surface area (Å²) < 4.78 is 12.4. The highest BCUT2D eigenvalue weighted by Gasteiger charge is 2.42. The van der Waals surface area contributed by atoms with Gasteiger partial charge in [0.25, 0.3) is 0 Å². The molecule has 1 N–H and O–H groups in total. The Labute approximate surface area is 215 Å². The SMILES string of the molecule is CC.CC.CC.O=C(O)CCc1ccc(OCc2cc(Cl)cc3c2OC2(CCCC2)C3)cc1Cl. The van der Waals surface area contributed by atoms with Gasteiger partial charge in [0.15, 0.2) is 0 Å². The molecule has 1 heterocycles. The van der Waals surface area contributed by atoms with E-state index in [1.807, 2.05) is 65.8 Å². The quantitative estimate of drug-likeness (QED) is 0.421. The Morgan fingerprint density at radius 2 is 1.65 bits per heavy atom. The third-order valence-corrected chi connectivity index (χ3v) is 6.15. The van der Waals surface area contributed by atoms with E-state index < -0.39 is 5.97 Å². The first-order valence-electron chi connectivity index (χ1n) is 12.6. The van der Waals surface area contributed by atoms with Gasteiger partial charge in [0.1, 0.15) is 23.7 Å². The van der Waals surface area contributed by atoms with E-state index in [1.54, 1.807) is 6.07 Å². The molecule has 1 fully saturated rings. The van der Waals surface area contributed by atoms with Crippen LogP contribution in [-0.2, 0) is 24.2 Å². The zero-order valence-electron chi connectivity index (χ0n) is 21.5. The molecule has 34 heavy (non-hydrogen) atoms. The van der Waals surface area contributed by atoms with Crippen molar-refractivity contribution in [3.8, 4) is 11.5 Å². The number of rotatable bonds is 6. The molecule has 0 amide bonds. The summed E-state index contributed by atoms with van der Waals surface area (Å²) in [5.74, 6) is 0.702. The van der Waals surface area contributed by atoms with Gasteiger partial charge in [-0.25, -0.2) is 0 Å². The number of carboxylic acids is 1. The first kappa shape index (κ1) is 30.1. The lowest BCUT2D eigenvalue weighted by Gasteiger charge is -2.23. The number of halogens is 2. The lowest BCUT2D eigenvalue weighted by Crippen LogP contribution is -2.30. The van der Waals surface area contributed by atoms with Crippen molar-refractivity contribution in [3.05, 3.63) is 57.1 Å². The molecule has 0 unspecified atom stereocenters. The van der Waals surface area contributed by atoms with Crippen molar-refractivity contribution < 1.29 is 19.4 Å². The molecule has 4 nitrogen and oxygen atoms in total. The predicted octanol–water partition coefficient (Wildman–Crippen LogP) is 8.92. The maximum atomic E-state index is 10.7. The lowest BCUT2D eigenvalue weighted by molar-refractivity contribution is -0.136. The molecule has 2 aromatic carbocycles. The monoisotopic (exact) mass is 510 g/mol. The van der Waals surface area contributed by atoms with Crippen molar-refractivity contribution in [1.82, 2.24) is 0 Å². The van der Waals surface area contributed by atoms with Crippen LogP contribution in [0.3, 0.4) is 0 Å². The van der Waals surface area contributed by atoms with Crippen molar-refractivity contribution in [2.45, 2.75) is 98.7 Å². The number of aliphatic carboxylic acids is 1. The number of fused-ring (bicyclic) bond motifs is 1. The molecule has 190 valence electrons. The Balaban J connectivity index is 0.000000894. The van der Waals surface area contributed by atoms with Crippen LogP contribution in [0.5, 0.6) is 11.5 Å². The average molecular weight is 512 g/mol. The third-order valence-electron chi connectivity index (χ3n) is 5.58. The van der Waals surface area contributed by atoms with Crippen molar-refractivity contribution in [1.29, 1.82) is 0 Å². The molecule has 0 atom stereocenters. The summed E-state index contributed by atoms with van der Waals surface area (Å²) in [7, 11) is 0. The van der Waals surface area contributed by atoms with Crippen LogP contribution in [0.4, 0.5) is 0 Å². The maximum Gasteiger partial charge on any atom is 0.303 e. The minimum absolute atomic E-state index is 0.0493. The number of hydrogen-bond acceptors (Lipinski definition) is 3. The van der Waals surface area contributed by atoms with E-state index in [4.69, 9.17) is 37.8 Å². The van der Waals surface area contributed by atoms with Gasteiger partial charge in [-0.15, -0.1) is 0 Å². The fourth-order valence-corrected chi connectivity index (χ4v) is 4.73. The number of ether oxygens (including phenoxy) is 2. The molecule has 4 rings (SSSR count). The van der Waals surface area contributed by atoms with Crippen LogP contribution in [0.2, 0.25) is 10.0 Å². The van der Waals surface area contributed by atoms with Crippen LogP contribution in [0.15, 0.2) is 30.3 Å². The maximum absolute atomic E-state index is 10.7. The molecule has 0 aromatic heterocycles. The highest BCUT2D eigenvalue weighted by atomic mass is 35.5. The van der Waals surface area contributed by atoms with Crippen molar-refractivity contribution in [2.75, 3.05) is 0 Å². The van der Waals surface area contributed by atoms with Crippen LogP contribution < -0.4 is 9.47 Å². The van der Waals surface area contributed by atoms with Crippen LogP contribution >= 0.6 is 23.2 Å². The molecule has 2 aliphatic rings. The van der Waals surface area contributed by atoms with Gasteiger partial charge >= 0.3 is 5.97 Å². The summed E-state index contributed by atoms with van der Waals surface area (Å²) in [6, 6.07) is 9.25. The Morgan fingerprint density at radius 3 is 2.24 bits per heavy atom. The fraction of sp³-hybridized carbons (Fsp3) is 0.536. The van der Waals surface area contributed by atoms with E-state index >= 15 is 0 Å². The van der Waals surface area contributed by atoms with E-state index in [0.717, 1.165) is 41.7 Å². The molecule has 1 aliphatic carbocycles. The van der Waals surface area contributed by atoms with Crippen molar-refractivity contribution in [2.24, 2.45) is 0 Å². The summed E-state index contributed by atoms with van der Waals surface area (Å²) in [5, 5.41) is 10.0. The molecule has 1 saturated carbocycles. The van der Waals surface area contributed by atoms with E-state index in [2.05, 4.69) is 0 Å². The van der Waals surface area contributed by atoms with Crippen molar-refractivity contribution in [3.63, 3.8) is 0 Å². The number of carbonyl (C=O) groups is 1. The number of aryl methyl sites for hydroxylation is 1. The van der Waals surface area contributed by atoms with Gasteiger partial charge < -0.3 is 14.6 Å². The molecule has 0 saturated heterocycles. The van der Waals surface area contributed by atoms with Gasteiger partial charge in [0, 0.05) is 34.0 Å². The van der Waals surface area contributed by atoms with Gasteiger partial charge in [-0.1, -0.05) is 70.8 Å². The topological polar surface area (TPSA) is 55.8 Å². The Morgan fingerprint density at radius 1 is 1.00 bits per heavy atom. The first-order valence-corrected chi connectivity index (χ1v) is 13.3. The molecule has 1 spiro atoms. The standard InChI is InChI=1S/C22H22Cl2O4.3C2H6/c23-17-9-15-12-22(7-1-2-8-22)28-21(15)16(10-17)13-27-18-5-3-14(19(24)11-18)4-6-20(25)26;3*1-2/h3,5,9-11H,1-2,4,6-8,12-13H2,(H,25,26);3*1-2H3. The Bertz CT molecular complexity index is 906. The summed E-state index contributed by atoms with van der Waals surface area (Å²) in [4.78, 5) is 10.7. The Kier molecular flexibility index (Phi) is 13.4. The van der Waals surface area contributed by atoms with Crippen LogP contribution in [0.1, 0.15) is 90.3 Å². The molecule has 1 aliphatic heterocycles. The van der Waals surface area contributed by atoms with Gasteiger partial charge in [-0.3, -0.25) is 4.79 Å². The van der Waals surface area contributed by atoms with E-state index in [1.165, 1.54) is 12.8 Å². The second-order valence-corrected chi connectivity index (χ2v) is 8.50. The molecule has 2 aromatic rings. The molecule has 6 heteroatoms. The van der Waals surface area contributed by atoms with Crippen LogP contribution in [0.25, 0.3) is 0 Å². The van der Waals surface area contributed by atoms with Gasteiger partial charge in [0.2, 0.25) is 0 Å². The van der Waals surface area contributed by atoms with E-state index in [-0.39, 0.29) is 12.0 Å². The Hall–Kier alpha value is -1.91. The summed E-state index contributed by atoms with van der Waals surface area (Å²) in [5.41, 5.74) is 2.84. The van der Waals surface area contributed by atoms with Crippen LogP contribution in [-0.4, -0.2) is 16.7 Å². The van der Waals surface area contributed by atoms with Gasteiger partial charge in [0.05, 0.1) is 0 Å². The van der Waals surface area contributed by atoms with E-state index in [0.29, 0.717) is 28.8 Å². The second-order valence-electron chi connectivity index (χ2n) is 7.66. The van der Waals surface area contributed by atoms with Crippen LogP contribution in [0, 0.1) is 0 Å². The molecule has 0 radical (unpaired) electrons. The smallest absolute Gasteiger partial charge is 0.303 e. The van der Waals surface area contributed by atoms with Gasteiger partial charge in [-0.05, 0) is 61.9 Å². The normalized spacial score (nSPS) is 14.4. The number of carboxylic acid groups (broad SMARTS) is 1. The highest BCUT2D eigenvalue weighted by molar-refractivity contribution is 6.31. The summed E-state index contributed by atoms with van der Waals surface area (Å²) in [6.45, 7) is 12.3. The molecule has 0 bridgehead atoms. The fourth-order valence-electron chi connectivity index (χ4n) is 4.20. The van der Waals surface area contributed by atoms with E-state index in [9.17, 15) is 4.79 Å². The average Bonchev–Trinajstić information content (AvgIpc) is 3.46. The number of benzene rings is 2.